The fraction of sp³-hybridized carbons (Fsp3) is 0.946. The predicted octanol–water partition coefficient (Wildman–Crippen LogP) is 10.1. The number of ketones is 2. The average molecular weight is 677 g/mol. The minimum absolute atomic E-state index is 0.0103. The topological polar surface area (TPSA) is 141 Å². The van der Waals surface area contributed by atoms with Crippen molar-refractivity contribution in [2.24, 2.45) is 0 Å². The van der Waals surface area contributed by atoms with Crippen LogP contribution in [0, 0.1) is 0 Å². The number of carbonyl (C=O) groups excluding carboxylic acids is 2. The molecule has 0 radical (unpaired) electrons. The fourth-order valence-electron chi connectivity index (χ4n) is 6.09. The molecule has 0 aromatic heterocycles. The molecule has 0 aliphatic carbocycles. The molecule has 0 bridgehead atoms. The highest BCUT2D eigenvalue weighted by Crippen LogP contribution is 2.38. The SMILES string of the molecule is CCCCCCCCCCCCCCCCCC(=O)C(O)C(O)(COP(=O)(O)O)C(=O)CCCCCCCCCCCCCCC. The Kier molecular flexibility index (Phi) is 30.0. The second kappa shape index (κ2) is 30.4. The van der Waals surface area contributed by atoms with Crippen LogP contribution in [0.25, 0.3) is 0 Å². The molecule has 0 amide bonds. The number of phosphoric acid groups is 1. The van der Waals surface area contributed by atoms with Crippen LogP contribution in [0.15, 0.2) is 0 Å². The van der Waals surface area contributed by atoms with Gasteiger partial charge in [-0.1, -0.05) is 181 Å². The summed E-state index contributed by atoms with van der Waals surface area (Å²) in [5.74, 6) is -1.52. The van der Waals surface area contributed by atoms with Crippen molar-refractivity contribution in [2.75, 3.05) is 6.61 Å². The number of aliphatic hydroxyl groups is 2. The lowest BCUT2D eigenvalue weighted by atomic mass is 9.85. The van der Waals surface area contributed by atoms with Crippen LogP contribution in [0.2, 0.25) is 0 Å². The van der Waals surface area contributed by atoms with Crippen LogP contribution in [0.1, 0.15) is 206 Å². The van der Waals surface area contributed by atoms with Crippen molar-refractivity contribution in [1.29, 1.82) is 0 Å². The molecule has 2 unspecified atom stereocenters. The van der Waals surface area contributed by atoms with Crippen LogP contribution in [0.3, 0.4) is 0 Å². The summed E-state index contributed by atoms with van der Waals surface area (Å²) in [5.41, 5.74) is -2.68. The Bertz CT molecular complexity index is 770. The molecule has 0 spiro atoms. The highest BCUT2D eigenvalue weighted by Gasteiger charge is 2.47. The predicted molar refractivity (Wildman–Crippen MR) is 189 cm³/mol. The molecular weight excluding hydrogens is 603 g/mol. The van der Waals surface area contributed by atoms with Crippen molar-refractivity contribution in [3.8, 4) is 0 Å². The van der Waals surface area contributed by atoms with Crippen LogP contribution < -0.4 is 0 Å². The van der Waals surface area contributed by atoms with Gasteiger partial charge in [-0.15, -0.1) is 0 Å². The van der Waals surface area contributed by atoms with Crippen molar-refractivity contribution in [3.63, 3.8) is 0 Å². The smallest absolute Gasteiger partial charge is 0.382 e. The molecule has 0 aliphatic rings. The number of unbranched alkanes of at least 4 members (excludes halogenated alkanes) is 26. The van der Waals surface area contributed by atoms with Gasteiger partial charge in [0.25, 0.3) is 0 Å². The van der Waals surface area contributed by atoms with Crippen LogP contribution in [-0.4, -0.2) is 49.9 Å². The van der Waals surface area contributed by atoms with Crippen molar-refractivity contribution in [1.82, 2.24) is 0 Å². The summed E-state index contributed by atoms with van der Waals surface area (Å²) in [5, 5.41) is 21.7. The van der Waals surface area contributed by atoms with Gasteiger partial charge in [-0.2, -0.15) is 0 Å². The van der Waals surface area contributed by atoms with Crippen molar-refractivity contribution in [2.45, 2.75) is 218 Å². The van der Waals surface area contributed by atoms with Gasteiger partial charge in [0.1, 0.15) is 0 Å². The fourth-order valence-corrected chi connectivity index (χ4v) is 6.45. The van der Waals surface area contributed by atoms with E-state index in [-0.39, 0.29) is 12.8 Å². The summed E-state index contributed by atoms with van der Waals surface area (Å²) in [7, 11) is -5.02. The van der Waals surface area contributed by atoms with E-state index in [9.17, 15) is 24.4 Å². The van der Waals surface area contributed by atoms with E-state index in [4.69, 9.17) is 9.79 Å². The number of phosphoric ester groups is 1. The van der Waals surface area contributed by atoms with Gasteiger partial charge in [0.05, 0.1) is 6.61 Å². The molecule has 0 rings (SSSR count). The average Bonchev–Trinajstić information content (AvgIpc) is 3.02. The maximum Gasteiger partial charge on any atom is 0.469 e. The highest BCUT2D eigenvalue weighted by molar-refractivity contribution is 7.46. The first-order chi connectivity index (χ1) is 22.1. The van der Waals surface area contributed by atoms with Crippen LogP contribution in [-0.2, 0) is 18.7 Å². The van der Waals surface area contributed by atoms with Crippen LogP contribution in [0.4, 0.5) is 0 Å². The van der Waals surface area contributed by atoms with E-state index in [2.05, 4.69) is 18.4 Å². The molecule has 9 heteroatoms. The van der Waals surface area contributed by atoms with Gasteiger partial charge in [0, 0.05) is 12.8 Å². The first-order valence-corrected chi connectivity index (χ1v) is 20.8. The normalized spacial score (nSPS) is 14.0. The van der Waals surface area contributed by atoms with E-state index in [1.165, 1.54) is 122 Å². The largest absolute Gasteiger partial charge is 0.469 e. The standard InChI is InChI=1S/C37H73O8P/c1-3-5-7-9-11-13-15-17-18-20-21-23-25-27-29-31-34(38)36(40)37(41,33-45-46(42,43)44)35(39)32-30-28-26-24-22-19-16-14-12-10-8-6-4-2/h36,40-41H,3-33H2,1-2H3,(H2,42,43,44). The number of aliphatic hydroxyl groups excluding tert-OH is 1. The lowest BCUT2D eigenvalue weighted by Gasteiger charge is -2.30. The molecule has 0 saturated carbocycles. The van der Waals surface area contributed by atoms with E-state index in [0.717, 1.165) is 44.9 Å². The summed E-state index contributed by atoms with van der Waals surface area (Å²) in [4.78, 5) is 43.9. The Morgan fingerprint density at radius 2 is 0.826 bits per heavy atom. The molecule has 274 valence electrons. The van der Waals surface area contributed by atoms with E-state index in [0.29, 0.717) is 12.8 Å². The zero-order valence-electron chi connectivity index (χ0n) is 29.9. The molecule has 8 nitrogen and oxygen atoms in total. The van der Waals surface area contributed by atoms with Gasteiger partial charge in [-0.25, -0.2) is 4.57 Å². The third kappa shape index (κ3) is 26.3. The molecule has 0 aromatic rings. The van der Waals surface area contributed by atoms with Gasteiger partial charge in [-0.05, 0) is 12.8 Å². The minimum atomic E-state index is -5.02. The Morgan fingerprint density at radius 3 is 1.13 bits per heavy atom. The number of carbonyl (C=O) groups is 2. The molecule has 0 saturated heterocycles. The quantitative estimate of drug-likeness (QED) is 0.0379. The van der Waals surface area contributed by atoms with E-state index in [1.54, 1.807) is 0 Å². The zero-order chi connectivity index (χ0) is 34.4. The molecule has 4 N–H and O–H groups in total. The molecule has 0 aromatic carbocycles. The summed E-state index contributed by atoms with van der Waals surface area (Å²) >= 11 is 0. The molecular formula is C37H73O8P. The van der Waals surface area contributed by atoms with Gasteiger partial charge in [0.15, 0.2) is 23.3 Å². The monoisotopic (exact) mass is 677 g/mol. The van der Waals surface area contributed by atoms with E-state index >= 15 is 0 Å². The number of rotatable bonds is 36. The molecule has 46 heavy (non-hydrogen) atoms. The number of hydrogen-bond donors (Lipinski definition) is 4. The molecule has 0 fully saturated rings. The Labute approximate surface area is 282 Å². The summed E-state index contributed by atoms with van der Waals surface area (Å²) in [6, 6.07) is 0. The second-order valence-corrected chi connectivity index (χ2v) is 14.9. The maximum absolute atomic E-state index is 12.9. The summed E-state index contributed by atoms with van der Waals surface area (Å²) in [6.45, 7) is 3.34. The lowest BCUT2D eigenvalue weighted by molar-refractivity contribution is -0.165. The first kappa shape index (κ1) is 45.4. The number of Topliss-reactive ketones (excluding diaryl/α,β-unsaturated/α-hetero) is 2. The number of hydrogen-bond acceptors (Lipinski definition) is 6. The van der Waals surface area contributed by atoms with Crippen molar-refractivity contribution < 1.29 is 38.7 Å². The Morgan fingerprint density at radius 1 is 0.543 bits per heavy atom. The van der Waals surface area contributed by atoms with Crippen LogP contribution >= 0.6 is 7.82 Å². The maximum atomic E-state index is 12.9. The van der Waals surface area contributed by atoms with Crippen molar-refractivity contribution in [3.05, 3.63) is 0 Å². The molecule has 0 heterocycles. The Hall–Kier alpha value is -0.630. The second-order valence-electron chi connectivity index (χ2n) is 13.7. The van der Waals surface area contributed by atoms with Gasteiger partial charge >= 0.3 is 7.82 Å². The highest BCUT2D eigenvalue weighted by atomic mass is 31.2. The van der Waals surface area contributed by atoms with E-state index in [1.807, 2.05) is 0 Å². The third-order valence-electron chi connectivity index (χ3n) is 9.23. The molecule has 0 aliphatic heterocycles. The summed E-state index contributed by atoms with van der Waals surface area (Å²) < 4.78 is 15.7. The van der Waals surface area contributed by atoms with Gasteiger partial charge in [0.2, 0.25) is 0 Å². The minimum Gasteiger partial charge on any atom is -0.382 e. The Balaban J connectivity index is 4.25. The van der Waals surface area contributed by atoms with Gasteiger partial charge in [-0.3, -0.25) is 14.1 Å². The summed E-state index contributed by atoms with van der Waals surface area (Å²) in [6.07, 6.45) is 30.3. The zero-order valence-corrected chi connectivity index (χ0v) is 30.8. The van der Waals surface area contributed by atoms with Crippen LogP contribution in [0.5, 0.6) is 0 Å². The lowest BCUT2D eigenvalue weighted by Crippen LogP contribution is -2.56. The first-order valence-electron chi connectivity index (χ1n) is 19.2. The van der Waals surface area contributed by atoms with Crippen molar-refractivity contribution >= 4 is 19.4 Å². The third-order valence-corrected chi connectivity index (χ3v) is 9.69. The van der Waals surface area contributed by atoms with Gasteiger partial charge < -0.3 is 20.0 Å². The molecule has 2 atom stereocenters. The van der Waals surface area contributed by atoms with E-state index < -0.39 is 37.7 Å².